The summed E-state index contributed by atoms with van der Waals surface area (Å²) in [5.74, 6) is 0.926. The summed E-state index contributed by atoms with van der Waals surface area (Å²) in [7, 11) is 5.33. The molecule has 134 valence electrons. The van der Waals surface area contributed by atoms with Crippen LogP contribution in [0.25, 0.3) is 5.69 Å². The molecule has 1 aromatic carbocycles. The number of nitrogens with one attached hydrogen (secondary N) is 1. The smallest absolute Gasteiger partial charge is 0.259 e. The van der Waals surface area contributed by atoms with Gasteiger partial charge in [-0.1, -0.05) is 11.6 Å². The Morgan fingerprint density at radius 1 is 1.23 bits per heavy atom. The van der Waals surface area contributed by atoms with Gasteiger partial charge in [-0.05, 0) is 30.3 Å². The summed E-state index contributed by atoms with van der Waals surface area (Å²) in [4.78, 5) is 18.8. The summed E-state index contributed by atoms with van der Waals surface area (Å²) in [6.45, 7) is 0. The Bertz CT molecular complexity index is 906. The SMILES string of the molecule is COc1cc(-n2cccc2)c(Cl)cc1C(=O)Nc1ccc(N(C)C)nc1. The number of rotatable bonds is 5. The van der Waals surface area contributed by atoms with Gasteiger partial charge in [0.25, 0.3) is 5.91 Å². The van der Waals surface area contributed by atoms with Gasteiger partial charge in [0.15, 0.2) is 0 Å². The number of ether oxygens (including phenoxy) is 1. The first kappa shape index (κ1) is 17.8. The Balaban J connectivity index is 1.88. The second kappa shape index (κ2) is 7.49. The highest BCUT2D eigenvalue weighted by Crippen LogP contribution is 2.30. The van der Waals surface area contributed by atoms with E-state index in [0.717, 1.165) is 11.5 Å². The minimum Gasteiger partial charge on any atom is -0.496 e. The van der Waals surface area contributed by atoms with Crippen LogP contribution in [0.3, 0.4) is 0 Å². The van der Waals surface area contributed by atoms with Crippen molar-refractivity contribution >= 4 is 29.0 Å². The van der Waals surface area contributed by atoms with Gasteiger partial charge in [0.1, 0.15) is 11.6 Å². The highest BCUT2D eigenvalue weighted by atomic mass is 35.5. The van der Waals surface area contributed by atoms with E-state index in [9.17, 15) is 4.79 Å². The average Bonchev–Trinajstić information content (AvgIpc) is 3.16. The number of anilines is 2. The van der Waals surface area contributed by atoms with Crippen LogP contribution >= 0.6 is 11.6 Å². The zero-order valence-electron chi connectivity index (χ0n) is 14.7. The maximum absolute atomic E-state index is 12.7. The molecule has 0 atom stereocenters. The van der Waals surface area contributed by atoms with Crippen LogP contribution in [-0.4, -0.2) is 36.7 Å². The molecule has 0 aliphatic heterocycles. The molecule has 0 bridgehead atoms. The predicted molar refractivity (Wildman–Crippen MR) is 104 cm³/mol. The van der Waals surface area contributed by atoms with Gasteiger partial charge in [-0.3, -0.25) is 4.79 Å². The van der Waals surface area contributed by atoms with Gasteiger partial charge in [-0.25, -0.2) is 4.98 Å². The lowest BCUT2D eigenvalue weighted by Gasteiger charge is -2.14. The van der Waals surface area contributed by atoms with Crippen LogP contribution in [0.1, 0.15) is 10.4 Å². The summed E-state index contributed by atoms with van der Waals surface area (Å²) < 4.78 is 7.25. The number of nitrogens with zero attached hydrogens (tertiary/aromatic N) is 3. The molecule has 0 spiro atoms. The molecule has 1 amide bonds. The molecule has 0 aliphatic rings. The van der Waals surface area contributed by atoms with E-state index in [2.05, 4.69) is 10.3 Å². The van der Waals surface area contributed by atoms with E-state index in [1.807, 2.05) is 54.2 Å². The molecule has 6 nitrogen and oxygen atoms in total. The molecule has 0 aliphatic carbocycles. The molecule has 7 heteroatoms. The molecule has 2 aromatic heterocycles. The normalized spacial score (nSPS) is 10.5. The predicted octanol–water partition coefficient (Wildman–Crippen LogP) is 3.85. The van der Waals surface area contributed by atoms with E-state index in [-0.39, 0.29) is 5.91 Å². The topological polar surface area (TPSA) is 59.4 Å². The number of methoxy groups -OCH3 is 1. The summed E-state index contributed by atoms with van der Waals surface area (Å²) in [5.41, 5.74) is 1.68. The number of pyridine rings is 1. The molecule has 3 rings (SSSR count). The number of halogens is 1. The van der Waals surface area contributed by atoms with Gasteiger partial charge < -0.3 is 19.5 Å². The van der Waals surface area contributed by atoms with Crippen molar-refractivity contribution in [2.24, 2.45) is 0 Å². The summed E-state index contributed by atoms with van der Waals surface area (Å²) in [6.07, 6.45) is 5.35. The van der Waals surface area contributed by atoms with Gasteiger partial charge >= 0.3 is 0 Å². The Labute approximate surface area is 157 Å². The maximum Gasteiger partial charge on any atom is 0.259 e. The molecule has 0 fully saturated rings. The van der Waals surface area contributed by atoms with Crippen LogP contribution in [-0.2, 0) is 0 Å². The largest absolute Gasteiger partial charge is 0.496 e. The van der Waals surface area contributed by atoms with E-state index >= 15 is 0 Å². The summed E-state index contributed by atoms with van der Waals surface area (Å²) in [6, 6.07) is 10.8. The second-order valence-electron chi connectivity index (χ2n) is 5.85. The van der Waals surface area contributed by atoms with Crippen LogP contribution in [0.4, 0.5) is 11.5 Å². The number of hydrogen-bond acceptors (Lipinski definition) is 4. The number of amides is 1. The highest BCUT2D eigenvalue weighted by Gasteiger charge is 2.17. The quantitative estimate of drug-likeness (QED) is 0.741. The number of aromatic nitrogens is 2. The molecule has 1 N–H and O–H groups in total. The molecule has 0 unspecified atom stereocenters. The van der Waals surface area contributed by atoms with Gasteiger partial charge in [0.05, 0.1) is 35.3 Å². The lowest BCUT2D eigenvalue weighted by molar-refractivity contribution is 0.102. The molecular weight excluding hydrogens is 352 g/mol. The van der Waals surface area contributed by atoms with Gasteiger partial charge in [-0.15, -0.1) is 0 Å². The molecule has 26 heavy (non-hydrogen) atoms. The first-order valence-corrected chi connectivity index (χ1v) is 8.33. The van der Waals surface area contributed by atoms with Gasteiger partial charge in [0.2, 0.25) is 0 Å². The molecular formula is C19H19ClN4O2. The first-order valence-electron chi connectivity index (χ1n) is 7.95. The molecule has 3 aromatic rings. The van der Waals surface area contributed by atoms with Crippen LogP contribution in [0.2, 0.25) is 5.02 Å². The molecule has 0 saturated carbocycles. The third kappa shape index (κ3) is 3.65. The zero-order chi connectivity index (χ0) is 18.7. The highest BCUT2D eigenvalue weighted by molar-refractivity contribution is 6.33. The van der Waals surface area contributed by atoms with Crippen molar-refractivity contribution < 1.29 is 9.53 Å². The van der Waals surface area contributed by atoms with Crippen molar-refractivity contribution in [2.45, 2.75) is 0 Å². The van der Waals surface area contributed by atoms with Crippen LogP contribution < -0.4 is 15.0 Å². The van der Waals surface area contributed by atoms with Gasteiger partial charge in [-0.2, -0.15) is 0 Å². The Morgan fingerprint density at radius 2 is 1.96 bits per heavy atom. The monoisotopic (exact) mass is 370 g/mol. The van der Waals surface area contributed by atoms with Crippen molar-refractivity contribution in [1.82, 2.24) is 9.55 Å². The summed E-state index contributed by atoms with van der Waals surface area (Å²) in [5, 5.41) is 3.27. The van der Waals surface area contributed by atoms with E-state index < -0.39 is 0 Å². The van der Waals surface area contributed by atoms with E-state index in [1.54, 1.807) is 24.4 Å². The fourth-order valence-electron chi connectivity index (χ4n) is 2.50. The van der Waals surface area contributed by atoms with Crippen LogP contribution in [0.15, 0.2) is 55.0 Å². The number of carbonyl (C=O) groups excluding carboxylic acids is 1. The van der Waals surface area contributed by atoms with Crippen LogP contribution in [0, 0.1) is 0 Å². The average molecular weight is 371 g/mol. The third-order valence-electron chi connectivity index (χ3n) is 3.86. The van der Waals surface area contributed by atoms with E-state index in [0.29, 0.717) is 22.0 Å². The number of hydrogen-bond donors (Lipinski definition) is 1. The third-order valence-corrected chi connectivity index (χ3v) is 4.16. The number of carbonyl (C=O) groups is 1. The minimum absolute atomic E-state index is 0.317. The van der Waals surface area contributed by atoms with Crippen molar-refractivity contribution in [3.05, 3.63) is 65.6 Å². The Kier molecular flexibility index (Phi) is 5.14. The van der Waals surface area contributed by atoms with Crippen molar-refractivity contribution in [2.75, 3.05) is 31.4 Å². The molecule has 0 radical (unpaired) electrons. The molecule has 2 heterocycles. The number of benzene rings is 1. The lowest BCUT2D eigenvalue weighted by Crippen LogP contribution is -2.15. The standard InChI is InChI=1S/C19H19ClN4O2/c1-23(2)18-7-6-13(12-21-18)22-19(25)14-10-15(20)16(11-17(14)26-3)24-8-4-5-9-24/h4-12H,1-3H3,(H,22,25). The maximum atomic E-state index is 12.7. The van der Waals surface area contributed by atoms with Crippen molar-refractivity contribution in [3.8, 4) is 11.4 Å². The lowest BCUT2D eigenvalue weighted by atomic mass is 10.1. The summed E-state index contributed by atoms with van der Waals surface area (Å²) >= 11 is 6.38. The fraction of sp³-hybridized carbons (Fsp3) is 0.158. The Morgan fingerprint density at radius 3 is 2.54 bits per heavy atom. The van der Waals surface area contributed by atoms with Gasteiger partial charge in [0, 0.05) is 32.6 Å². The van der Waals surface area contributed by atoms with Crippen LogP contribution in [0.5, 0.6) is 5.75 Å². The second-order valence-corrected chi connectivity index (χ2v) is 6.26. The molecule has 0 saturated heterocycles. The zero-order valence-corrected chi connectivity index (χ0v) is 15.5. The van der Waals surface area contributed by atoms with Crippen molar-refractivity contribution in [1.29, 1.82) is 0 Å². The van der Waals surface area contributed by atoms with E-state index in [4.69, 9.17) is 16.3 Å². The minimum atomic E-state index is -0.317. The van der Waals surface area contributed by atoms with Crippen molar-refractivity contribution in [3.63, 3.8) is 0 Å². The fourth-order valence-corrected chi connectivity index (χ4v) is 2.77. The Hall–Kier alpha value is -2.99. The van der Waals surface area contributed by atoms with E-state index in [1.165, 1.54) is 7.11 Å². The first-order chi connectivity index (χ1) is 12.5.